The minimum absolute atomic E-state index is 0.0103. The number of hydrogen-bond acceptors (Lipinski definition) is 5. The van der Waals surface area contributed by atoms with E-state index in [0.29, 0.717) is 4.21 Å². The molecule has 0 fully saturated rings. The minimum Gasteiger partial charge on any atom is -0.381 e. The maximum atomic E-state index is 13.0. The number of nitrogens with one attached hydrogen (secondary N) is 1. The van der Waals surface area contributed by atoms with Gasteiger partial charge in [0.2, 0.25) is 0 Å². The van der Waals surface area contributed by atoms with Crippen molar-refractivity contribution in [1.82, 2.24) is 4.31 Å². The molecule has 0 radical (unpaired) electrons. The van der Waals surface area contributed by atoms with Gasteiger partial charge in [-0.2, -0.15) is 0 Å². The van der Waals surface area contributed by atoms with Crippen molar-refractivity contribution in [2.75, 3.05) is 12.4 Å². The van der Waals surface area contributed by atoms with E-state index in [1.165, 1.54) is 36.4 Å². The average molecular weight is 413 g/mol. The van der Waals surface area contributed by atoms with E-state index in [2.05, 4.69) is 5.32 Å². The summed E-state index contributed by atoms with van der Waals surface area (Å²) in [7, 11) is -0.0301. The van der Waals surface area contributed by atoms with Crippen LogP contribution in [0.2, 0.25) is 0 Å². The van der Waals surface area contributed by atoms with E-state index in [0.717, 1.165) is 16.9 Å². The summed E-state index contributed by atoms with van der Waals surface area (Å²) in [4.78, 5) is 23.6. The lowest BCUT2D eigenvalue weighted by Gasteiger charge is -2.16. The summed E-state index contributed by atoms with van der Waals surface area (Å²) in [5, 5.41) is 12.3. The molecule has 0 saturated carbocycles. The van der Waals surface area contributed by atoms with Crippen molar-refractivity contribution >= 4 is 39.1 Å². The highest BCUT2D eigenvalue weighted by Crippen LogP contribution is 2.32. The number of aliphatic hydroxyl groups is 1. The molecule has 0 spiro atoms. The molecular weight excluding hydrogens is 393 g/mol. The van der Waals surface area contributed by atoms with Crippen LogP contribution in [0.1, 0.15) is 29.8 Å². The fourth-order valence-corrected chi connectivity index (χ4v) is 4.55. The quantitative estimate of drug-likeness (QED) is 0.643. The number of thiophene rings is 1. The highest BCUT2D eigenvalue weighted by atomic mass is 32.2. The maximum Gasteiger partial charge on any atom is 0.256 e. The summed E-state index contributed by atoms with van der Waals surface area (Å²) in [6, 6.07) is 7.15. The molecule has 1 aromatic heterocycles. The van der Waals surface area contributed by atoms with E-state index in [4.69, 9.17) is 5.73 Å². The lowest BCUT2D eigenvalue weighted by molar-refractivity contribution is -0.130. The standard InChI is InChI=1S/C17H20FN3O4S2/c1-17(2,24)16(23)20-15-12(14(19)22)8-13(26-15)27(25)21(3)9-10-4-6-11(18)7-5-10/h4-8,24H,9H2,1-3H3,(H2,19,22)(H,20,23). The van der Waals surface area contributed by atoms with Crippen LogP contribution in [0.4, 0.5) is 9.39 Å². The van der Waals surface area contributed by atoms with Crippen LogP contribution >= 0.6 is 11.3 Å². The summed E-state index contributed by atoms with van der Waals surface area (Å²) >= 11 is 0.936. The fourth-order valence-electron chi connectivity index (χ4n) is 2.05. The van der Waals surface area contributed by atoms with Crippen LogP contribution < -0.4 is 11.1 Å². The van der Waals surface area contributed by atoms with Gasteiger partial charge < -0.3 is 16.2 Å². The molecule has 1 heterocycles. The van der Waals surface area contributed by atoms with Gasteiger partial charge in [-0.05, 0) is 37.6 Å². The molecule has 2 amide bonds. The third-order valence-corrected chi connectivity index (χ3v) is 6.21. The number of anilines is 1. The lowest BCUT2D eigenvalue weighted by atomic mass is 10.1. The number of carbonyl (C=O) groups is 2. The molecule has 10 heteroatoms. The second-order valence-corrected chi connectivity index (χ2v) is 9.22. The summed E-state index contributed by atoms with van der Waals surface area (Å²) in [6.07, 6.45) is 0. The number of hydrogen-bond donors (Lipinski definition) is 3. The van der Waals surface area contributed by atoms with Crippen molar-refractivity contribution in [2.45, 2.75) is 30.2 Å². The Morgan fingerprint density at radius 3 is 2.44 bits per heavy atom. The van der Waals surface area contributed by atoms with Crippen molar-refractivity contribution in [3.63, 3.8) is 0 Å². The Bertz CT molecular complexity index is 875. The number of primary amides is 1. The number of carbonyl (C=O) groups excluding carboxylic acids is 2. The third-order valence-electron chi connectivity index (χ3n) is 3.53. The first-order chi connectivity index (χ1) is 12.5. The Morgan fingerprint density at radius 2 is 1.93 bits per heavy atom. The highest BCUT2D eigenvalue weighted by molar-refractivity contribution is 7.85. The van der Waals surface area contributed by atoms with Gasteiger partial charge in [-0.3, -0.25) is 9.59 Å². The van der Waals surface area contributed by atoms with Gasteiger partial charge in [-0.15, -0.1) is 11.3 Å². The smallest absolute Gasteiger partial charge is 0.256 e. The van der Waals surface area contributed by atoms with Crippen LogP contribution in [-0.4, -0.2) is 38.1 Å². The highest BCUT2D eigenvalue weighted by Gasteiger charge is 2.27. The zero-order valence-electron chi connectivity index (χ0n) is 15.0. The predicted octanol–water partition coefficient (Wildman–Crippen LogP) is 1.85. The van der Waals surface area contributed by atoms with Gasteiger partial charge in [-0.1, -0.05) is 12.1 Å². The Morgan fingerprint density at radius 1 is 1.33 bits per heavy atom. The van der Waals surface area contributed by atoms with E-state index < -0.39 is 28.4 Å². The zero-order valence-corrected chi connectivity index (χ0v) is 16.6. The molecule has 0 aliphatic rings. The number of nitrogens with zero attached hydrogens (tertiary/aromatic N) is 1. The third kappa shape index (κ3) is 5.42. The first kappa shape index (κ1) is 21.2. The average Bonchev–Trinajstić information content (AvgIpc) is 2.99. The molecule has 1 atom stereocenters. The van der Waals surface area contributed by atoms with Gasteiger partial charge in [0.1, 0.15) is 31.6 Å². The lowest BCUT2D eigenvalue weighted by Crippen LogP contribution is -2.36. The molecule has 146 valence electrons. The Balaban J connectivity index is 2.22. The van der Waals surface area contributed by atoms with Gasteiger partial charge in [0.15, 0.2) is 0 Å². The van der Waals surface area contributed by atoms with E-state index in [-0.39, 0.29) is 22.9 Å². The van der Waals surface area contributed by atoms with Crippen LogP contribution in [0, 0.1) is 5.82 Å². The molecule has 1 aromatic carbocycles. The SMILES string of the molecule is CN(Cc1ccc(F)cc1)S(=O)c1cc(C(N)=O)c(NC(=O)C(C)(C)O)s1. The summed E-state index contributed by atoms with van der Waals surface area (Å²) in [5.74, 6) is -1.87. The monoisotopic (exact) mass is 413 g/mol. The first-order valence-corrected chi connectivity index (χ1v) is 9.76. The molecule has 1 unspecified atom stereocenters. The second-order valence-electron chi connectivity index (χ2n) is 6.35. The number of nitrogens with two attached hydrogens (primary N) is 1. The van der Waals surface area contributed by atoms with Crippen LogP contribution in [0.25, 0.3) is 0 Å². The predicted molar refractivity (Wildman–Crippen MR) is 102 cm³/mol. The summed E-state index contributed by atoms with van der Waals surface area (Å²) < 4.78 is 27.5. The Labute approximate surface area is 162 Å². The molecule has 2 aromatic rings. The van der Waals surface area contributed by atoms with Gasteiger partial charge >= 0.3 is 0 Å². The summed E-state index contributed by atoms with van der Waals surface area (Å²) in [5.41, 5.74) is 4.45. The van der Waals surface area contributed by atoms with Gasteiger partial charge in [0.05, 0.1) is 5.56 Å². The molecule has 0 bridgehead atoms. The van der Waals surface area contributed by atoms with Crippen molar-refractivity contribution < 1.29 is 23.3 Å². The van der Waals surface area contributed by atoms with E-state index >= 15 is 0 Å². The zero-order chi connectivity index (χ0) is 20.4. The van der Waals surface area contributed by atoms with Crippen molar-refractivity contribution in [3.05, 3.63) is 47.3 Å². The van der Waals surface area contributed by atoms with Gasteiger partial charge in [-0.25, -0.2) is 12.9 Å². The number of amides is 2. The largest absolute Gasteiger partial charge is 0.381 e. The van der Waals surface area contributed by atoms with Crippen LogP contribution in [0.5, 0.6) is 0 Å². The van der Waals surface area contributed by atoms with Crippen LogP contribution in [0.15, 0.2) is 34.5 Å². The fraction of sp³-hybridized carbons (Fsp3) is 0.294. The van der Waals surface area contributed by atoms with Gasteiger partial charge in [0, 0.05) is 13.6 Å². The van der Waals surface area contributed by atoms with Gasteiger partial charge in [0.25, 0.3) is 11.8 Å². The second kappa shape index (κ2) is 8.26. The Hall–Kier alpha value is -2.14. The number of rotatable bonds is 7. The normalized spacial score (nSPS) is 12.8. The van der Waals surface area contributed by atoms with E-state index in [1.807, 2.05) is 0 Å². The molecule has 4 N–H and O–H groups in total. The van der Waals surface area contributed by atoms with Crippen molar-refractivity contribution in [1.29, 1.82) is 0 Å². The van der Waals surface area contributed by atoms with Crippen molar-refractivity contribution in [3.8, 4) is 0 Å². The molecule has 0 aliphatic heterocycles. The minimum atomic E-state index is -1.66. The molecule has 2 rings (SSSR count). The Kier molecular flexibility index (Phi) is 6.47. The number of benzene rings is 1. The van der Waals surface area contributed by atoms with Crippen LogP contribution in [-0.2, 0) is 22.3 Å². The van der Waals surface area contributed by atoms with E-state index in [9.17, 15) is 23.3 Å². The molecule has 27 heavy (non-hydrogen) atoms. The number of halogens is 1. The van der Waals surface area contributed by atoms with E-state index in [1.54, 1.807) is 19.2 Å². The van der Waals surface area contributed by atoms with Crippen molar-refractivity contribution in [2.24, 2.45) is 5.73 Å². The molecule has 0 aliphatic carbocycles. The molecule has 7 nitrogen and oxygen atoms in total. The summed E-state index contributed by atoms with van der Waals surface area (Å²) in [6.45, 7) is 2.88. The molecule has 0 saturated heterocycles. The molecular formula is C17H20FN3O4S2. The first-order valence-electron chi connectivity index (χ1n) is 7.84. The topological polar surface area (TPSA) is 113 Å². The maximum absolute atomic E-state index is 13.0. The van der Waals surface area contributed by atoms with Crippen LogP contribution in [0.3, 0.4) is 0 Å².